The number of oxime groups is 1. The largest absolute Gasteiger partial charge is 0.409 e. The first kappa shape index (κ1) is 14.6. The Morgan fingerprint density at radius 1 is 1.40 bits per heavy atom. The van der Waals surface area contributed by atoms with Crippen LogP contribution in [-0.2, 0) is 0 Å². The SMILES string of the molecule is CN(C)CC1CC(O)CN1c1ccc(C(N)=NO)cc1. The molecule has 1 fully saturated rings. The molecule has 1 aromatic rings. The standard InChI is InChI=1S/C14H22N4O2/c1-17(2)8-12-7-13(19)9-18(12)11-5-3-10(4-6-11)14(15)16-20/h3-6,12-13,19-20H,7-9H2,1-2H3,(H2,15,16). The lowest BCUT2D eigenvalue weighted by atomic mass is 10.1. The van der Waals surface area contributed by atoms with Crippen LogP contribution >= 0.6 is 0 Å². The summed E-state index contributed by atoms with van der Waals surface area (Å²) in [4.78, 5) is 4.33. The summed E-state index contributed by atoms with van der Waals surface area (Å²) in [5.41, 5.74) is 7.28. The maximum absolute atomic E-state index is 9.89. The number of nitrogens with zero attached hydrogens (tertiary/aromatic N) is 3. The number of β-amino-alcohol motifs (C(OH)–C–C–N with tert-alkyl or cyclic N) is 1. The fourth-order valence-corrected chi connectivity index (χ4v) is 2.68. The lowest BCUT2D eigenvalue weighted by Gasteiger charge is -2.28. The molecule has 110 valence electrons. The molecule has 0 aliphatic carbocycles. The minimum absolute atomic E-state index is 0.0999. The normalized spacial score (nSPS) is 23.6. The van der Waals surface area contributed by atoms with Crippen LogP contribution in [-0.4, -0.2) is 60.4 Å². The van der Waals surface area contributed by atoms with E-state index in [-0.39, 0.29) is 11.9 Å². The number of aliphatic hydroxyl groups is 1. The summed E-state index contributed by atoms with van der Waals surface area (Å²) in [6, 6.07) is 7.82. The molecule has 2 rings (SSSR count). The molecule has 0 radical (unpaired) electrons. The Kier molecular flexibility index (Phi) is 4.46. The number of hydrogen-bond acceptors (Lipinski definition) is 5. The molecule has 1 saturated heterocycles. The van der Waals surface area contributed by atoms with E-state index in [1.807, 2.05) is 38.4 Å². The topological polar surface area (TPSA) is 85.3 Å². The van der Waals surface area contributed by atoms with E-state index in [1.54, 1.807) is 0 Å². The summed E-state index contributed by atoms with van der Waals surface area (Å²) in [7, 11) is 4.06. The van der Waals surface area contributed by atoms with Crippen LogP contribution in [0, 0.1) is 0 Å². The summed E-state index contributed by atoms with van der Waals surface area (Å²) in [5, 5.41) is 21.5. The van der Waals surface area contributed by atoms with Crippen molar-refractivity contribution in [1.29, 1.82) is 0 Å². The highest BCUT2D eigenvalue weighted by molar-refractivity contribution is 5.97. The van der Waals surface area contributed by atoms with E-state index in [2.05, 4.69) is 15.0 Å². The molecule has 0 bridgehead atoms. The van der Waals surface area contributed by atoms with Gasteiger partial charge in [0.25, 0.3) is 0 Å². The molecule has 2 unspecified atom stereocenters. The van der Waals surface area contributed by atoms with Crippen molar-refractivity contribution in [3.05, 3.63) is 29.8 Å². The molecule has 1 aliphatic heterocycles. The minimum atomic E-state index is -0.288. The van der Waals surface area contributed by atoms with Gasteiger partial charge in [0.15, 0.2) is 5.84 Å². The van der Waals surface area contributed by atoms with Crippen molar-refractivity contribution in [2.75, 3.05) is 32.1 Å². The summed E-state index contributed by atoms with van der Waals surface area (Å²) in [5.74, 6) is 0.0999. The molecule has 1 aliphatic rings. The minimum Gasteiger partial charge on any atom is -0.409 e. The van der Waals surface area contributed by atoms with Crippen LogP contribution in [0.15, 0.2) is 29.4 Å². The first-order valence-electron chi connectivity index (χ1n) is 6.68. The lowest BCUT2D eigenvalue weighted by Crippen LogP contribution is -2.37. The summed E-state index contributed by atoms with van der Waals surface area (Å²) >= 11 is 0. The lowest BCUT2D eigenvalue weighted by molar-refractivity contribution is 0.191. The Morgan fingerprint density at radius 2 is 2.05 bits per heavy atom. The second-order valence-corrected chi connectivity index (χ2v) is 5.49. The molecule has 20 heavy (non-hydrogen) atoms. The van der Waals surface area contributed by atoms with Crippen molar-refractivity contribution in [2.24, 2.45) is 10.9 Å². The first-order chi connectivity index (χ1) is 9.51. The number of anilines is 1. The third kappa shape index (κ3) is 3.20. The number of benzene rings is 1. The zero-order chi connectivity index (χ0) is 14.7. The number of likely N-dealkylation sites (N-methyl/N-ethyl adjacent to an activating group) is 1. The zero-order valence-corrected chi connectivity index (χ0v) is 11.9. The smallest absolute Gasteiger partial charge is 0.170 e. The van der Waals surface area contributed by atoms with Gasteiger partial charge in [-0.1, -0.05) is 5.16 Å². The van der Waals surface area contributed by atoms with Crippen molar-refractivity contribution in [1.82, 2.24) is 4.90 Å². The molecule has 0 saturated carbocycles. The fourth-order valence-electron chi connectivity index (χ4n) is 2.68. The first-order valence-corrected chi connectivity index (χ1v) is 6.68. The van der Waals surface area contributed by atoms with Crippen molar-refractivity contribution in [3.8, 4) is 0 Å². The van der Waals surface area contributed by atoms with Crippen LogP contribution in [0.5, 0.6) is 0 Å². The highest BCUT2D eigenvalue weighted by Crippen LogP contribution is 2.26. The second kappa shape index (κ2) is 6.11. The van der Waals surface area contributed by atoms with Crippen molar-refractivity contribution < 1.29 is 10.3 Å². The molecule has 4 N–H and O–H groups in total. The Morgan fingerprint density at radius 3 is 2.60 bits per heavy atom. The maximum atomic E-state index is 9.89. The number of amidine groups is 1. The zero-order valence-electron chi connectivity index (χ0n) is 11.9. The molecule has 0 spiro atoms. The molecule has 1 heterocycles. The van der Waals surface area contributed by atoms with E-state index in [4.69, 9.17) is 10.9 Å². The monoisotopic (exact) mass is 278 g/mol. The van der Waals surface area contributed by atoms with Crippen molar-refractivity contribution in [3.63, 3.8) is 0 Å². The number of nitrogens with two attached hydrogens (primary N) is 1. The van der Waals surface area contributed by atoms with Crippen LogP contribution < -0.4 is 10.6 Å². The van der Waals surface area contributed by atoms with Gasteiger partial charge in [0.1, 0.15) is 0 Å². The van der Waals surface area contributed by atoms with Gasteiger partial charge in [-0.25, -0.2) is 0 Å². The predicted molar refractivity (Wildman–Crippen MR) is 79.3 cm³/mol. The van der Waals surface area contributed by atoms with Crippen LogP contribution in [0.3, 0.4) is 0 Å². The molecular weight excluding hydrogens is 256 g/mol. The van der Waals surface area contributed by atoms with Crippen LogP contribution in [0.4, 0.5) is 5.69 Å². The third-order valence-corrected chi connectivity index (χ3v) is 3.57. The molecule has 6 nitrogen and oxygen atoms in total. The summed E-state index contributed by atoms with van der Waals surface area (Å²) in [6.45, 7) is 1.54. The average molecular weight is 278 g/mol. The van der Waals surface area contributed by atoms with Crippen LogP contribution in [0.1, 0.15) is 12.0 Å². The Balaban J connectivity index is 2.17. The number of aliphatic hydroxyl groups excluding tert-OH is 1. The van der Waals surface area contributed by atoms with E-state index >= 15 is 0 Å². The van der Waals surface area contributed by atoms with E-state index in [0.717, 1.165) is 18.7 Å². The van der Waals surface area contributed by atoms with Gasteiger partial charge in [-0.15, -0.1) is 0 Å². The van der Waals surface area contributed by atoms with Gasteiger partial charge in [0, 0.05) is 30.4 Å². The Bertz CT molecular complexity index is 473. The number of hydrogen-bond donors (Lipinski definition) is 3. The average Bonchev–Trinajstić information content (AvgIpc) is 2.78. The molecule has 2 atom stereocenters. The summed E-state index contributed by atoms with van der Waals surface area (Å²) < 4.78 is 0. The van der Waals surface area contributed by atoms with Gasteiger partial charge in [-0.2, -0.15) is 0 Å². The van der Waals surface area contributed by atoms with Gasteiger partial charge in [0.2, 0.25) is 0 Å². The van der Waals surface area contributed by atoms with Crippen molar-refractivity contribution in [2.45, 2.75) is 18.6 Å². The Labute approximate surface area is 119 Å². The van der Waals surface area contributed by atoms with E-state index in [0.29, 0.717) is 18.2 Å². The van der Waals surface area contributed by atoms with E-state index in [1.165, 1.54) is 0 Å². The third-order valence-electron chi connectivity index (χ3n) is 3.57. The fraction of sp³-hybridized carbons (Fsp3) is 0.500. The van der Waals surface area contributed by atoms with E-state index < -0.39 is 0 Å². The van der Waals surface area contributed by atoms with Gasteiger partial charge in [0.05, 0.1) is 6.10 Å². The van der Waals surface area contributed by atoms with Crippen LogP contribution in [0.2, 0.25) is 0 Å². The predicted octanol–water partition coefficient (Wildman–Crippen LogP) is 0.282. The maximum Gasteiger partial charge on any atom is 0.170 e. The second-order valence-electron chi connectivity index (χ2n) is 5.49. The highest BCUT2D eigenvalue weighted by atomic mass is 16.4. The van der Waals surface area contributed by atoms with Gasteiger partial charge in [-0.05, 0) is 44.8 Å². The molecule has 1 aromatic carbocycles. The molecule has 6 heteroatoms. The molecule has 0 aromatic heterocycles. The van der Waals surface area contributed by atoms with Gasteiger partial charge >= 0.3 is 0 Å². The highest BCUT2D eigenvalue weighted by Gasteiger charge is 2.31. The quantitative estimate of drug-likeness (QED) is 0.319. The van der Waals surface area contributed by atoms with Crippen LogP contribution in [0.25, 0.3) is 0 Å². The van der Waals surface area contributed by atoms with Gasteiger partial charge in [-0.3, -0.25) is 0 Å². The molecule has 0 amide bonds. The summed E-state index contributed by atoms with van der Waals surface area (Å²) in [6.07, 6.45) is 0.490. The van der Waals surface area contributed by atoms with E-state index in [9.17, 15) is 5.11 Å². The number of rotatable bonds is 4. The van der Waals surface area contributed by atoms with Crippen molar-refractivity contribution >= 4 is 11.5 Å². The molecular formula is C14H22N4O2. The Hall–Kier alpha value is -1.79. The van der Waals surface area contributed by atoms with Gasteiger partial charge < -0.3 is 25.8 Å².